The summed E-state index contributed by atoms with van der Waals surface area (Å²) >= 11 is 0. The van der Waals surface area contributed by atoms with Crippen LogP contribution in [-0.2, 0) is 9.47 Å². The normalized spacial score (nSPS) is 11.7. The van der Waals surface area contributed by atoms with Crippen LogP contribution in [-0.4, -0.2) is 24.3 Å². The van der Waals surface area contributed by atoms with Crippen molar-refractivity contribution in [2.24, 2.45) is 0 Å². The first-order valence-electron chi connectivity index (χ1n) is 6.87. The van der Waals surface area contributed by atoms with Gasteiger partial charge in [0.2, 0.25) is 0 Å². The fourth-order valence-corrected chi connectivity index (χ4v) is 1.69. The highest BCUT2D eigenvalue weighted by molar-refractivity contribution is 5.97. The summed E-state index contributed by atoms with van der Waals surface area (Å²) in [6.45, 7) is 0. The maximum absolute atomic E-state index is 14.2. The van der Waals surface area contributed by atoms with Crippen LogP contribution in [0.2, 0.25) is 0 Å². The Morgan fingerprint density at radius 2 is 0.812 bits per heavy atom. The van der Waals surface area contributed by atoms with E-state index in [4.69, 9.17) is 0 Å². The largest absolute Gasteiger partial charge is 0.455 e. The number of alkyl halides is 6. The first-order valence-corrected chi connectivity index (χ1v) is 6.87. The van der Waals surface area contributed by atoms with Gasteiger partial charge in [0.1, 0.15) is 11.1 Å². The Morgan fingerprint density at radius 3 is 1.03 bits per heavy atom. The minimum absolute atomic E-state index is 2.82. The van der Waals surface area contributed by atoms with Crippen LogP contribution >= 0.6 is 0 Å². The Kier molecular flexibility index (Phi) is 7.53. The van der Waals surface area contributed by atoms with Crippen molar-refractivity contribution >= 4 is 11.9 Å². The number of hydrogen-bond acceptors (Lipinski definition) is 4. The number of hydrogen-bond donors (Lipinski definition) is 0. The quantitative estimate of drug-likeness (QED) is 0.171. The molecule has 0 atom stereocenters. The third-order valence-corrected chi connectivity index (χ3v) is 2.92. The molecule has 0 aliphatic heterocycles. The number of ether oxygens (including phenoxy) is 2. The van der Waals surface area contributed by atoms with Crippen molar-refractivity contribution in [3.63, 3.8) is 0 Å². The number of halogens is 14. The average molecular weight is 498 g/mol. The standard InChI is InChI=1S/C14F14O4/c15-3-1(11(29)31-7(9(19)20)13(23,24)25)4(16)6(18)5(17)2(3)12(30)32-8(10(21)22)14(26,27)28. The minimum Gasteiger partial charge on any atom is -0.412 e. The molecule has 0 aliphatic carbocycles. The summed E-state index contributed by atoms with van der Waals surface area (Å²) in [6, 6.07) is 0. The van der Waals surface area contributed by atoms with Crippen LogP contribution in [0.15, 0.2) is 23.7 Å². The van der Waals surface area contributed by atoms with Gasteiger partial charge in [-0.2, -0.15) is 43.9 Å². The zero-order valence-electron chi connectivity index (χ0n) is 13.9. The lowest BCUT2D eigenvalue weighted by molar-refractivity contribution is -0.128. The maximum Gasteiger partial charge on any atom is 0.455 e. The summed E-state index contributed by atoms with van der Waals surface area (Å²) in [4.78, 5) is 22.9. The van der Waals surface area contributed by atoms with E-state index in [-0.39, 0.29) is 0 Å². The van der Waals surface area contributed by atoms with Crippen molar-refractivity contribution in [1.82, 2.24) is 0 Å². The Bertz CT molecular complexity index is 933. The van der Waals surface area contributed by atoms with Crippen molar-refractivity contribution in [1.29, 1.82) is 0 Å². The number of carbonyl (C=O) groups excluding carboxylic acids is 2. The lowest BCUT2D eigenvalue weighted by atomic mass is 10.1. The van der Waals surface area contributed by atoms with Gasteiger partial charge >= 0.3 is 36.5 Å². The van der Waals surface area contributed by atoms with Crippen LogP contribution in [0.25, 0.3) is 0 Å². The van der Waals surface area contributed by atoms with E-state index in [0.717, 1.165) is 0 Å². The van der Waals surface area contributed by atoms with Crippen LogP contribution in [0, 0.1) is 23.3 Å². The fraction of sp³-hybridized carbons (Fsp3) is 0.143. The predicted molar refractivity (Wildman–Crippen MR) is 67.7 cm³/mol. The van der Waals surface area contributed by atoms with E-state index in [9.17, 15) is 71.1 Å². The van der Waals surface area contributed by atoms with E-state index in [1.807, 2.05) is 0 Å². The topological polar surface area (TPSA) is 52.6 Å². The molecule has 1 rings (SSSR count). The molecule has 0 radical (unpaired) electrons. The number of carbonyl (C=O) groups is 2. The summed E-state index contributed by atoms with van der Waals surface area (Å²) < 4.78 is 184. The zero-order valence-corrected chi connectivity index (χ0v) is 13.9. The molecule has 1 aromatic rings. The molecule has 0 spiro atoms. The predicted octanol–water partition coefficient (Wildman–Crippen LogP) is 5.90. The molecule has 0 aromatic heterocycles. The van der Waals surface area contributed by atoms with Gasteiger partial charge in [0.15, 0.2) is 23.3 Å². The van der Waals surface area contributed by atoms with Crippen molar-refractivity contribution in [3.8, 4) is 0 Å². The van der Waals surface area contributed by atoms with Crippen LogP contribution in [0.5, 0.6) is 0 Å². The van der Waals surface area contributed by atoms with Gasteiger partial charge in [-0.05, 0) is 0 Å². The summed E-state index contributed by atoms with van der Waals surface area (Å²) in [7, 11) is 0. The Hall–Kier alpha value is -3.34. The van der Waals surface area contributed by atoms with Crippen molar-refractivity contribution in [3.05, 3.63) is 58.1 Å². The number of benzene rings is 1. The molecular weight excluding hydrogens is 498 g/mol. The fourth-order valence-electron chi connectivity index (χ4n) is 1.69. The highest BCUT2D eigenvalue weighted by Gasteiger charge is 2.45. The van der Waals surface area contributed by atoms with E-state index in [1.54, 1.807) is 0 Å². The van der Waals surface area contributed by atoms with Gasteiger partial charge in [0.05, 0.1) is 0 Å². The molecule has 32 heavy (non-hydrogen) atoms. The molecule has 0 N–H and O–H groups in total. The van der Waals surface area contributed by atoms with Crippen LogP contribution in [0.1, 0.15) is 20.7 Å². The molecule has 0 bridgehead atoms. The van der Waals surface area contributed by atoms with Gasteiger partial charge in [-0.3, -0.25) is 0 Å². The molecular formula is C14F14O4. The molecule has 0 heterocycles. The summed E-state index contributed by atoms with van der Waals surface area (Å²) in [5.41, 5.74) is -5.64. The molecule has 1 aromatic carbocycles. The molecule has 4 nitrogen and oxygen atoms in total. The SMILES string of the molecule is O=C(OC(=C(F)F)C(F)(F)F)c1c(F)c(F)c(F)c(C(=O)OC(=C(F)F)C(F)(F)F)c1F. The Morgan fingerprint density at radius 1 is 0.531 bits per heavy atom. The molecule has 178 valence electrons. The van der Waals surface area contributed by atoms with Gasteiger partial charge in [-0.1, -0.05) is 0 Å². The van der Waals surface area contributed by atoms with E-state index in [1.165, 1.54) is 0 Å². The highest BCUT2D eigenvalue weighted by atomic mass is 19.4. The number of rotatable bonds is 4. The lowest BCUT2D eigenvalue weighted by Crippen LogP contribution is -2.25. The third-order valence-electron chi connectivity index (χ3n) is 2.92. The molecule has 0 saturated heterocycles. The molecule has 0 fully saturated rings. The summed E-state index contributed by atoms with van der Waals surface area (Å²) in [5, 5.41) is 0. The van der Waals surface area contributed by atoms with E-state index in [2.05, 4.69) is 9.47 Å². The van der Waals surface area contributed by atoms with E-state index in [0.29, 0.717) is 0 Å². The molecule has 18 heteroatoms. The average Bonchev–Trinajstić information content (AvgIpc) is 2.60. The molecule has 0 aliphatic rings. The van der Waals surface area contributed by atoms with Gasteiger partial charge in [0.25, 0.3) is 11.5 Å². The monoisotopic (exact) mass is 498 g/mol. The van der Waals surface area contributed by atoms with E-state index < -0.39 is 82.4 Å². The Balaban J connectivity index is 3.65. The van der Waals surface area contributed by atoms with Gasteiger partial charge in [-0.15, -0.1) is 0 Å². The lowest BCUT2D eigenvalue weighted by Gasteiger charge is -2.14. The minimum atomic E-state index is -6.19. The third kappa shape index (κ3) is 5.47. The molecule has 0 unspecified atom stereocenters. The van der Waals surface area contributed by atoms with Crippen LogP contribution < -0.4 is 0 Å². The van der Waals surface area contributed by atoms with Gasteiger partial charge in [0, 0.05) is 0 Å². The first kappa shape index (κ1) is 26.7. The van der Waals surface area contributed by atoms with Crippen LogP contribution in [0.4, 0.5) is 61.5 Å². The smallest absolute Gasteiger partial charge is 0.412 e. The molecule has 0 amide bonds. The van der Waals surface area contributed by atoms with Gasteiger partial charge in [-0.25, -0.2) is 27.2 Å². The van der Waals surface area contributed by atoms with Crippen molar-refractivity contribution in [2.75, 3.05) is 0 Å². The van der Waals surface area contributed by atoms with Crippen LogP contribution in [0.3, 0.4) is 0 Å². The zero-order chi connectivity index (χ0) is 25.3. The second-order valence-corrected chi connectivity index (χ2v) is 4.96. The first-order chi connectivity index (χ1) is 14.3. The number of allylic oxidation sites excluding steroid dienone is 2. The van der Waals surface area contributed by atoms with Crippen molar-refractivity contribution < 1.29 is 80.5 Å². The van der Waals surface area contributed by atoms with Crippen molar-refractivity contribution in [2.45, 2.75) is 12.4 Å². The summed E-state index contributed by atoms with van der Waals surface area (Å²) in [5.74, 6) is -25.7. The maximum atomic E-state index is 14.2. The Labute approximate surface area is 164 Å². The van der Waals surface area contributed by atoms with Gasteiger partial charge < -0.3 is 9.47 Å². The second-order valence-electron chi connectivity index (χ2n) is 4.96. The second kappa shape index (κ2) is 9.03. The number of esters is 2. The summed E-state index contributed by atoms with van der Waals surface area (Å²) in [6.07, 6.45) is -20.0. The molecule has 0 saturated carbocycles. The van der Waals surface area contributed by atoms with E-state index >= 15 is 0 Å². The highest BCUT2D eigenvalue weighted by Crippen LogP contribution is 2.35.